The minimum atomic E-state index is -0.0271. The molecule has 144 valence electrons. The predicted molar refractivity (Wildman–Crippen MR) is 108 cm³/mol. The van der Waals surface area contributed by atoms with Gasteiger partial charge in [-0.2, -0.15) is 0 Å². The van der Waals surface area contributed by atoms with Crippen LogP contribution in [0.1, 0.15) is 33.1 Å². The normalized spacial score (nSPS) is 25.1. The molecule has 0 radical (unpaired) electrons. The van der Waals surface area contributed by atoms with Crippen LogP contribution in [0.4, 0.5) is 10.5 Å². The maximum absolute atomic E-state index is 12.2. The van der Waals surface area contributed by atoms with E-state index in [4.69, 9.17) is 0 Å². The first-order chi connectivity index (χ1) is 12.6. The molecule has 2 heterocycles. The van der Waals surface area contributed by atoms with Gasteiger partial charge in [0.1, 0.15) is 0 Å². The second-order valence-electron chi connectivity index (χ2n) is 8.20. The highest BCUT2D eigenvalue weighted by molar-refractivity contribution is 5.74. The maximum atomic E-state index is 12.2. The summed E-state index contributed by atoms with van der Waals surface area (Å²) in [5, 5.41) is 6.18. The SMILES string of the molecule is CC1CCCN(CC(C)NC(=O)NCC2CCN(c3ccccc3)C2)C1. The Morgan fingerprint density at radius 3 is 2.77 bits per heavy atom. The Balaban J connectivity index is 1.34. The third kappa shape index (κ3) is 5.63. The molecule has 2 saturated heterocycles. The quantitative estimate of drug-likeness (QED) is 0.822. The van der Waals surface area contributed by atoms with E-state index in [9.17, 15) is 4.79 Å². The molecule has 5 nitrogen and oxygen atoms in total. The fraction of sp³-hybridized carbons (Fsp3) is 0.667. The maximum Gasteiger partial charge on any atom is 0.315 e. The Bertz CT molecular complexity index is 564. The molecular formula is C21H34N4O. The Hall–Kier alpha value is -1.75. The van der Waals surface area contributed by atoms with Crippen LogP contribution in [-0.4, -0.2) is 56.2 Å². The number of rotatable bonds is 6. The third-order valence-corrected chi connectivity index (χ3v) is 5.61. The molecule has 3 rings (SSSR count). The van der Waals surface area contributed by atoms with Crippen LogP contribution < -0.4 is 15.5 Å². The fourth-order valence-electron chi connectivity index (χ4n) is 4.27. The number of carbonyl (C=O) groups is 1. The lowest BCUT2D eigenvalue weighted by Crippen LogP contribution is -2.48. The molecule has 2 amide bonds. The van der Waals surface area contributed by atoms with Gasteiger partial charge in [0, 0.05) is 44.5 Å². The number of para-hydroxylation sites is 1. The second-order valence-corrected chi connectivity index (χ2v) is 8.20. The molecule has 0 saturated carbocycles. The van der Waals surface area contributed by atoms with Crippen molar-refractivity contribution in [2.24, 2.45) is 11.8 Å². The average molecular weight is 359 g/mol. The Kier molecular flexibility index (Phi) is 6.78. The van der Waals surface area contributed by atoms with E-state index in [2.05, 4.69) is 64.6 Å². The second kappa shape index (κ2) is 9.26. The predicted octanol–water partition coefficient (Wildman–Crippen LogP) is 2.93. The molecule has 2 aliphatic heterocycles. The topological polar surface area (TPSA) is 47.6 Å². The standard InChI is InChI=1S/C21H34N4O/c1-17-7-6-11-24(14-17)15-18(2)23-21(26)22-13-19-10-12-25(16-19)20-8-4-3-5-9-20/h3-5,8-9,17-19H,6-7,10-16H2,1-2H3,(H2,22,23,26). The zero-order chi connectivity index (χ0) is 18.4. The van der Waals surface area contributed by atoms with Crippen LogP contribution in [0.5, 0.6) is 0 Å². The van der Waals surface area contributed by atoms with Gasteiger partial charge in [-0.1, -0.05) is 25.1 Å². The van der Waals surface area contributed by atoms with Gasteiger partial charge in [-0.05, 0) is 56.7 Å². The number of benzene rings is 1. The van der Waals surface area contributed by atoms with Crippen LogP contribution in [0.25, 0.3) is 0 Å². The van der Waals surface area contributed by atoms with Crippen molar-refractivity contribution in [2.75, 3.05) is 44.2 Å². The molecular weight excluding hydrogens is 324 g/mol. The van der Waals surface area contributed by atoms with E-state index >= 15 is 0 Å². The number of urea groups is 1. The minimum absolute atomic E-state index is 0.0271. The van der Waals surface area contributed by atoms with Gasteiger partial charge in [0.05, 0.1) is 0 Å². The highest BCUT2D eigenvalue weighted by Gasteiger charge is 2.23. The van der Waals surface area contributed by atoms with Gasteiger partial charge in [-0.3, -0.25) is 0 Å². The van der Waals surface area contributed by atoms with E-state index < -0.39 is 0 Å². The molecule has 1 aromatic carbocycles. The van der Waals surface area contributed by atoms with Gasteiger partial charge >= 0.3 is 6.03 Å². The van der Waals surface area contributed by atoms with Crippen molar-refractivity contribution in [1.29, 1.82) is 0 Å². The molecule has 26 heavy (non-hydrogen) atoms. The van der Waals surface area contributed by atoms with E-state index in [0.717, 1.165) is 51.6 Å². The first-order valence-corrected chi connectivity index (χ1v) is 10.2. The van der Waals surface area contributed by atoms with Gasteiger partial charge in [0.2, 0.25) is 0 Å². The van der Waals surface area contributed by atoms with Crippen LogP contribution in [0.15, 0.2) is 30.3 Å². The first kappa shape index (κ1) is 19.0. The Morgan fingerprint density at radius 1 is 1.19 bits per heavy atom. The van der Waals surface area contributed by atoms with Gasteiger partial charge in [-0.15, -0.1) is 0 Å². The highest BCUT2D eigenvalue weighted by Crippen LogP contribution is 2.22. The fourth-order valence-corrected chi connectivity index (χ4v) is 4.27. The zero-order valence-electron chi connectivity index (χ0n) is 16.3. The Labute approximate surface area is 158 Å². The number of nitrogens with zero attached hydrogens (tertiary/aromatic N) is 2. The van der Waals surface area contributed by atoms with Crippen molar-refractivity contribution in [3.63, 3.8) is 0 Å². The number of hydrogen-bond acceptors (Lipinski definition) is 3. The molecule has 3 atom stereocenters. The third-order valence-electron chi connectivity index (χ3n) is 5.61. The number of amides is 2. The molecule has 1 aromatic rings. The largest absolute Gasteiger partial charge is 0.371 e. The smallest absolute Gasteiger partial charge is 0.315 e. The number of hydrogen-bond donors (Lipinski definition) is 2. The minimum Gasteiger partial charge on any atom is -0.371 e. The molecule has 3 unspecified atom stereocenters. The zero-order valence-corrected chi connectivity index (χ0v) is 16.3. The van der Waals surface area contributed by atoms with Crippen LogP contribution >= 0.6 is 0 Å². The summed E-state index contributed by atoms with van der Waals surface area (Å²) in [4.78, 5) is 17.1. The first-order valence-electron chi connectivity index (χ1n) is 10.2. The highest BCUT2D eigenvalue weighted by atomic mass is 16.2. The van der Waals surface area contributed by atoms with Crippen molar-refractivity contribution in [3.8, 4) is 0 Å². The van der Waals surface area contributed by atoms with E-state index in [-0.39, 0.29) is 12.1 Å². The van der Waals surface area contributed by atoms with Crippen LogP contribution in [-0.2, 0) is 0 Å². The van der Waals surface area contributed by atoms with Gasteiger partial charge < -0.3 is 20.4 Å². The van der Waals surface area contributed by atoms with Crippen molar-refractivity contribution in [3.05, 3.63) is 30.3 Å². The molecule has 0 aliphatic carbocycles. The van der Waals surface area contributed by atoms with Crippen LogP contribution in [0.3, 0.4) is 0 Å². The van der Waals surface area contributed by atoms with E-state index in [1.165, 1.54) is 18.5 Å². The summed E-state index contributed by atoms with van der Waals surface area (Å²) < 4.78 is 0. The molecule has 2 N–H and O–H groups in total. The molecule has 2 fully saturated rings. The molecule has 0 aromatic heterocycles. The van der Waals surface area contributed by atoms with E-state index in [1.807, 2.05) is 0 Å². The number of piperidine rings is 1. The molecule has 2 aliphatic rings. The number of carbonyl (C=O) groups excluding carboxylic acids is 1. The summed E-state index contributed by atoms with van der Waals surface area (Å²) in [6, 6.07) is 10.7. The monoisotopic (exact) mass is 358 g/mol. The van der Waals surface area contributed by atoms with Crippen molar-refractivity contribution in [1.82, 2.24) is 15.5 Å². The number of anilines is 1. The summed E-state index contributed by atoms with van der Waals surface area (Å²) in [5.74, 6) is 1.30. The summed E-state index contributed by atoms with van der Waals surface area (Å²) in [6.45, 7) is 10.5. The average Bonchev–Trinajstić information content (AvgIpc) is 3.10. The van der Waals surface area contributed by atoms with Gasteiger partial charge in [0.15, 0.2) is 0 Å². The number of nitrogens with one attached hydrogen (secondary N) is 2. The summed E-state index contributed by atoms with van der Waals surface area (Å²) in [7, 11) is 0. The number of likely N-dealkylation sites (tertiary alicyclic amines) is 1. The molecule has 0 bridgehead atoms. The lowest BCUT2D eigenvalue weighted by atomic mass is 10.00. The molecule has 0 spiro atoms. The van der Waals surface area contributed by atoms with Crippen LogP contribution in [0, 0.1) is 11.8 Å². The van der Waals surface area contributed by atoms with Gasteiger partial charge in [0.25, 0.3) is 0 Å². The lowest BCUT2D eigenvalue weighted by Gasteiger charge is -2.32. The summed E-state index contributed by atoms with van der Waals surface area (Å²) in [5.41, 5.74) is 1.28. The summed E-state index contributed by atoms with van der Waals surface area (Å²) >= 11 is 0. The molecule has 5 heteroatoms. The summed E-state index contributed by atoms with van der Waals surface area (Å²) in [6.07, 6.45) is 3.75. The lowest BCUT2D eigenvalue weighted by molar-refractivity contribution is 0.169. The van der Waals surface area contributed by atoms with E-state index in [1.54, 1.807) is 0 Å². The van der Waals surface area contributed by atoms with Gasteiger partial charge in [-0.25, -0.2) is 4.79 Å². The van der Waals surface area contributed by atoms with Crippen LogP contribution in [0.2, 0.25) is 0 Å². The van der Waals surface area contributed by atoms with Crippen molar-refractivity contribution in [2.45, 2.75) is 39.2 Å². The van der Waals surface area contributed by atoms with E-state index in [0.29, 0.717) is 5.92 Å². The Morgan fingerprint density at radius 2 is 2.00 bits per heavy atom. The van der Waals surface area contributed by atoms with Crippen molar-refractivity contribution < 1.29 is 4.79 Å². The van der Waals surface area contributed by atoms with Crippen molar-refractivity contribution >= 4 is 11.7 Å².